The first-order valence-electron chi connectivity index (χ1n) is 6.13. The van der Waals surface area contributed by atoms with Crippen LogP contribution < -0.4 is 5.32 Å². The Bertz CT molecular complexity index is 339. The zero-order chi connectivity index (χ0) is 12.7. The van der Waals surface area contributed by atoms with E-state index in [2.05, 4.69) is 31.8 Å². The van der Waals surface area contributed by atoms with Crippen molar-refractivity contribution in [3.63, 3.8) is 0 Å². The summed E-state index contributed by atoms with van der Waals surface area (Å²) in [6.07, 6.45) is 1.76. The molecule has 0 radical (unpaired) electrons. The van der Waals surface area contributed by atoms with Crippen LogP contribution in [0.2, 0.25) is 0 Å². The second kappa shape index (κ2) is 7.38. The van der Waals surface area contributed by atoms with Gasteiger partial charge in [0.15, 0.2) is 0 Å². The van der Waals surface area contributed by atoms with Crippen LogP contribution in [0.25, 0.3) is 0 Å². The molecule has 1 rings (SSSR count). The first-order chi connectivity index (χ1) is 8.13. The van der Waals surface area contributed by atoms with Crippen LogP contribution in [0.1, 0.15) is 25.8 Å². The largest absolute Gasteiger partial charge is 0.355 e. The number of rotatable bonds is 6. The van der Waals surface area contributed by atoms with Gasteiger partial charge >= 0.3 is 0 Å². The SMILES string of the molecule is CCC(C)CNC(=O)C(S)Cc1ccccc1. The van der Waals surface area contributed by atoms with Gasteiger partial charge in [-0.15, -0.1) is 0 Å². The molecule has 0 saturated carbocycles. The van der Waals surface area contributed by atoms with E-state index in [9.17, 15) is 4.79 Å². The van der Waals surface area contributed by atoms with E-state index in [0.717, 1.165) is 18.5 Å². The van der Waals surface area contributed by atoms with Gasteiger partial charge in [0.25, 0.3) is 0 Å². The highest BCUT2D eigenvalue weighted by Crippen LogP contribution is 2.08. The molecule has 0 aliphatic carbocycles. The molecule has 2 unspecified atom stereocenters. The molecule has 94 valence electrons. The molecule has 0 saturated heterocycles. The van der Waals surface area contributed by atoms with E-state index in [4.69, 9.17) is 0 Å². The van der Waals surface area contributed by atoms with Gasteiger partial charge in [0, 0.05) is 6.54 Å². The fourth-order valence-electron chi connectivity index (χ4n) is 1.47. The molecule has 1 aromatic carbocycles. The molecule has 17 heavy (non-hydrogen) atoms. The summed E-state index contributed by atoms with van der Waals surface area (Å²) < 4.78 is 0. The molecule has 2 nitrogen and oxygen atoms in total. The van der Waals surface area contributed by atoms with Crippen LogP contribution in [0.4, 0.5) is 0 Å². The molecule has 0 heterocycles. The number of carbonyl (C=O) groups is 1. The first-order valence-corrected chi connectivity index (χ1v) is 6.64. The third kappa shape index (κ3) is 5.26. The minimum absolute atomic E-state index is 0.0255. The van der Waals surface area contributed by atoms with Crippen molar-refractivity contribution in [3.8, 4) is 0 Å². The van der Waals surface area contributed by atoms with Gasteiger partial charge < -0.3 is 5.32 Å². The van der Waals surface area contributed by atoms with E-state index in [1.807, 2.05) is 30.3 Å². The molecule has 0 fully saturated rings. The lowest BCUT2D eigenvalue weighted by molar-refractivity contribution is -0.120. The van der Waals surface area contributed by atoms with Crippen LogP contribution in [-0.2, 0) is 11.2 Å². The maximum absolute atomic E-state index is 11.8. The molecule has 0 aliphatic heterocycles. The molecular formula is C14H21NOS. The van der Waals surface area contributed by atoms with Crippen LogP contribution in [0, 0.1) is 5.92 Å². The topological polar surface area (TPSA) is 29.1 Å². The van der Waals surface area contributed by atoms with Crippen molar-refractivity contribution in [2.24, 2.45) is 5.92 Å². The summed E-state index contributed by atoms with van der Waals surface area (Å²) in [5.74, 6) is 0.550. The van der Waals surface area contributed by atoms with Crippen molar-refractivity contribution in [3.05, 3.63) is 35.9 Å². The first kappa shape index (κ1) is 14.1. The highest BCUT2D eigenvalue weighted by atomic mass is 32.1. The van der Waals surface area contributed by atoms with Gasteiger partial charge in [0.05, 0.1) is 5.25 Å². The maximum atomic E-state index is 11.8. The van der Waals surface area contributed by atoms with E-state index < -0.39 is 0 Å². The van der Waals surface area contributed by atoms with Crippen LogP contribution >= 0.6 is 12.6 Å². The summed E-state index contributed by atoms with van der Waals surface area (Å²) in [5, 5.41) is 2.68. The second-order valence-electron chi connectivity index (χ2n) is 4.46. The van der Waals surface area contributed by atoms with Crippen LogP contribution in [0.3, 0.4) is 0 Å². The van der Waals surface area contributed by atoms with Gasteiger partial charge in [-0.25, -0.2) is 0 Å². The van der Waals surface area contributed by atoms with Crippen molar-refractivity contribution < 1.29 is 4.79 Å². The number of benzene rings is 1. The van der Waals surface area contributed by atoms with Crippen molar-refractivity contribution in [1.82, 2.24) is 5.32 Å². The van der Waals surface area contributed by atoms with E-state index in [1.54, 1.807) is 0 Å². The Kier molecular flexibility index (Phi) is 6.12. The van der Waals surface area contributed by atoms with Crippen molar-refractivity contribution in [1.29, 1.82) is 0 Å². The van der Waals surface area contributed by atoms with Crippen molar-refractivity contribution in [2.45, 2.75) is 31.9 Å². The van der Waals surface area contributed by atoms with Gasteiger partial charge in [0.1, 0.15) is 0 Å². The Balaban J connectivity index is 2.37. The molecule has 1 amide bonds. The van der Waals surface area contributed by atoms with E-state index >= 15 is 0 Å². The number of hydrogen-bond donors (Lipinski definition) is 2. The molecule has 2 atom stereocenters. The third-order valence-electron chi connectivity index (χ3n) is 2.90. The molecule has 0 spiro atoms. The number of amides is 1. The number of thiol groups is 1. The van der Waals surface area contributed by atoms with Gasteiger partial charge in [-0.1, -0.05) is 50.6 Å². The lowest BCUT2D eigenvalue weighted by Crippen LogP contribution is -2.35. The number of carbonyl (C=O) groups excluding carboxylic acids is 1. The van der Waals surface area contributed by atoms with Gasteiger partial charge in [-0.05, 0) is 17.9 Å². The molecule has 0 bridgehead atoms. The molecule has 0 aliphatic rings. The average molecular weight is 251 g/mol. The van der Waals surface area contributed by atoms with Crippen LogP contribution in [-0.4, -0.2) is 17.7 Å². The molecule has 3 heteroatoms. The molecular weight excluding hydrogens is 230 g/mol. The van der Waals surface area contributed by atoms with Crippen molar-refractivity contribution in [2.75, 3.05) is 6.54 Å². The number of nitrogens with one attached hydrogen (secondary N) is 1. The van der Waals surface area contributed by atoms with Gasteiger partial charge in [0.2, 0.25) is 5.91 Å². The van der Waals surface area contributed by atoms with Crippen LogP contribution in [0.5, 0.6) is 0 Å². The third-order valence-corrected chi connectivity index (χ3v) is 3.31. The standard InChI is InChI=1S/C14H21NOS/c1-3-11(2)10-15-14(16)13(17)9-12-7-5-4-6-8-12/h4-8,11,13,17H,3,9-10H2,1-2H3,(H,15,16). The normalized spacial score (nSPS) is 14.1. The summed E-state index contributed by atoms with van der Waals surface area (Å²) in [4.78, 5) is 11.8. The lowest BCUT2D eigenvalue weighted by Gasteiger charge is -2.14. The van der Waals surface area contributed by atoms with Crippen molar-refractivity contribution >= 4 is 18.5 Å². The van der Waals surface area contributed by atoms with E-state index in [0.29, 0.717) is 12.3 Å². The van der Waals surface area contributed by atoms with Gasteiger partial charge in [-0.3, -0.25) is 4.79 Å². The Hall–Kier alpha value is -0.960. The second-order valence-corrected chi connectivity index (χ2v) is 5.09. The smallest absolute Gasteiger partial charge is 0.233 e. The summed E-state index contributed by atoms with van der Waals surface area (Å²) in [6.45, 7) is 4.99. The van der Waals surface area contributed by atoms with E-state index in [1.165, 1.54) is 0 Å². The fourth-order valence-corrected chi connectivity index (χ4v) is 1.77. The maximum Gasteiger partial charge on any atom is 0.233 e. The summed E-state index contributed by atoms with van der Waals surface area (Å²) in [6, 6.07) is 9.97. The number of hydrogen-bond acceptors (Lipinski definition) is 2. The Morgan fingerprint density at radius 2 is 2.00 bits per heavy atom. The minimum Gasteiger partial charge on any atom is -0.355 e. The summed E-state index contributed by atoms with van der Waals surface area (Å²) >= 11 is 4.36. The highest BCUT2D eigenvalue weighted by Gasteiger charge is 2.14. The summed E-state index contributed by atoms with van der Waals surface area (Å²) in [5.41, 5.74) is 1.14. The fraction of sp³-hybridized carbons (Fsp3) is 0.500. The monoisotopic (exact) mass is 251 g/mol. The predicted octanol–water partition coefficient (Wildman–Crippen LogP) is 2.69. The van der Waals surface area contributed by atoms with Gasteiger partial charge in [-0.2, -0.15) is 12.6 Å². The highest BCUT2D eigenvalue weighted by molar-refractivity contribution is 7.81. The summed E-state index contributed by atoms with van der Waals surface area (Å²) in [7, 11) is 0. The average Bonchev–Trinajstić information content (AvgIpc) is 2.36. The van der Waals surface area contributed by atoms with E-state index in [-0.39, 0.29) is 11.2 Å². The predicted molar refractivity (Wildman–Crippen MR) is 75.4 cm³/mol. The Labute approximate surface area is 109 Å². The quantitative estimate of drug-likeness (QED) is 0.748. The zero-order valence-corrected chi connectivity index (χ0v) is 11.4. The molecule has 1 N–H and O–H groups in total. The Morgan fingerprint density at radius 1 is 1.35 bits per heavy atom. The molecule has 1 aromatic rings. The zero-order valence-electron chi connectivity index (χ0n) is 10.5. The molecule has 0 aromatic heterocycles. The Morgan fingerprint density at radius 3 is 2.59 bits per heavy atom. The lowest BCUT2D eigenvalue weighted by atomic mass is 10.1. The minimum atomic E-state index is -0.263. The van der Waals surface area contributed by atoms with Crippen LogP contribution in [0.15, 0.2) is 30.3 Å².